The van der Waals surface area contributed by atoms with Crippen LogP contribution in [0, 0.1) is 0 Å². The molecule has 1 atom stereocenters. The lowest BCUT2D eigenvalue weighted by molar-refractivity contribution is -0.140. The van der Waals surface area contributed by atoms with Crippen LogP contribution in [-0.4, -0.2) is 72.6 Å². The lowest BCUT2D eigenvalue weighted by atomic mass is 9.85. The summed E-state index contributed by atoms with van der Waals surface area (Å²) in [7, 11) is 0. The summed E-state index contributed by atoms with van der Waals surface area (Å²) >= 11 is 0. The van der Waals surface area contributed by atoms with Gasteiger partial charge in [-0.15, -0.1) is 0 Å². The van der Waals surface area contributed by atoms with Gasteiger partial charge < -0.3 is 19.5 Å². The van der Waals surface area contributed by atoms with Crippen LogP contribution < -0.4 is 4.74 Å². The first-order valence-corrected chi connectivity index (χ1v) is 13.2. The molecule has 2 aliphatic rings. The molecule has 202 valence electrons. The molecule has 2 aromatic rings. The van der Waals surface area contributed by atoms with Crippen molar-refractivity contribution in [1.82, 2.24) is 9.80 Å². The molecule has 2 aliphatic heterocycles. The molecular formula is C31H38N2O5. The molecule has 7 nitrogen and oxygen atoms in total. The van der Waals surface area contributed by atoms with E-state index in [1.807, 2.05) is 24.3 Å². The third-order valence-electron chi connectivity index (χ3n) is 7.11. The highest BCUT2D eigenvalue weighted by atomic mass is 16.5. The van der Waals surface area contributed by atoms with E-state index in [2.05, 4.69) is 32.3 Å². The summed E-state index contributed by atoms with van der Waals surface area (Å²) in [6.45, 7) is 14.8. The van der Waals surface area contributed by atoms with Gasteiger partial charge in [0, 0.05) is 31.7 Å². The normalized spacial score (nSPS) is 20.1. The lowest BCUT2D eigenvalue weighted by Gasteiger charge is -2.29. The number of morpholine rings is 1. The van der Waals surface area contributed by atoms with Crippen molar-refractivity contribution in [2.75, 3.05) is 46.0 Å². The van der Waals surface area contributed by atoms with Gasteiger partial charge in [-0.05, 0) is 47.2 Å². The molecule has 0 spiro atoms. The Kier molecular flexibility index (Phi) is 8.69. The quantitative estimate of drug-likeness (QED) is 0.225. The SMILES string of the molecule is C=CCOc1ccc(C(O)=C2C(=O)C(=O)N(CCCN3CCOCC3)[C@@H]2c2ccc(C(C)(C)C)cc2)cc1. The predicted octanol–water partition coefficient (Wildman–Crippen LogP) is 4.69. The maximum atomic E-state index is 13.3. The van der Waals surface area contributed by atoms with E-state index >= 15 is 0 Å². The molecule has 4 rings (SSSR count). The first kappa shape index (κ1) is 27.6. The number of ketones is 1. The van der Waals surface area contributed by atoms with Gasteiger partial charge in [-0.2, -0.15) is 0 Å². The van der Waals surface area contributed by atoms with Gasteiger partial charge in [0.2, 0.25) is 0 Å². The highest BCUT2D eigenvalue weighted by molar-refractivity contribution is 6.46. The number of aliphatic hydroxyl groups is 1. The van der Waals surface area contributed by atoms with Crippen molar-refractivity contribution in [1.29, 1.82) is 0 Å². The smallest absolute Gasteiger partial charge is 0.295 e. The molecule has 0 unspecified atom stereocenters. The van der Waals surface area contributed by atoms with Crippen LogP contribution in [-0.2, 0) is 19.7 Å². The molecule has 2 saturated heterocycles. The number of Topliss-reactive ketones (excluding diaryl/α,β-unsaturated/α-hetero) is 1. The molecule has 0 bridgehead atoms. The Labute approximate surface area is 225 Å². The van der Waals surface area contributed by atoms with Gasteiger partial charge >= 0.3 is 0 Å². The van der Waals surface area contributed by atoms with Crippen molar-refractivity contribution in [2.24, 2.45) is 0 Å². The fraction of sp³-hybridized carbons (Fsp3) is 0.419. The van der Waals surface area contributed by atoms with Crippen LogP contribution >= 0.6 is 0 Å². The highest BCUT2D eigenvalue weighted by Gasteiger charge is 2.45. The minimum Gasteiger partial charge on any atom is -0.507 e. The fourth-order valence-electron chi connectivity index (χ4n) is 4.93. The van der Waals surface area contributed by atoms with Crippen LogP contribution in [0.3, 0.4) is 0 Å². The molecule has 2 aromatic carbocycles. The molecule has 1 amide bonds. The zero-order valence-corrected chi connectivity index (χ0v) is 22.6. The van der Waals surface area contributed by atoms with E-state index in [0.717, 1.165) is 37.2 Å². The van der Waals surface area contributed by atoms with Crippen molar-refractivity contribution >= 4 is 17.4 Å². The van der Waals surface area contributed by atoms with Crippen LogP contribution in [0.15, 0.2) is 66.8 Å². The number of aliphatic hydroxyl groups excluding tert-OH is 1. The second-order valence-electron chi connectivity index (χ2n) is 10.8. The Morgan fingerprint density at radius 1 is 1.05 bits per heavy atom. The molecule has 0 saturated carbocycles. The molecule has 38 heavy (non-hydrogen) atoms. The largest absolute Gasteiger partial charge is 0.507 e. The molecule has 2 fully saturated rings. The molecule has 0 radical (unpaired) electrons. The van der Waals surface area contributed by atoms with Crippen LogP contribution in [0.4, 0.5) is 0 Å². The number of amides is 1. The number of rotatable bonds is 9. The zero-order valence-electron chi connectivity index (χ0n) is 22.6. The highest BCUT2D eigenvalue weighted by Crippen LogP contribution is 2.40. The van der Waals surface area contributed by atoms with Gasteiger partial charge in [0.05, 0.1) is 24.8 Å². The molecule has 0 aliphatic carbocycles. The summed E-state index contributed by atoms with van der Waals surface area (Å²) in [4.78, 5) is 30.5. The van der Waals surface area contributed by atoms with Crippen molar-refractivity contribution in [3.8, 4) is 5.75 Å². The number of carbonyl (C=O) groups excluding carboxylic acids is 2. The topological polar surface area (TPSA) is 79.3 Å². The molecule has 0 aromatic heterocycles. The van der Waals surface area contributed by atoms with E-state index in [1.165, 1.54) is 0 Å². The Balaban J connectivity index is 1.67. The van der Waals surface area contributed by atoms with Crippen molar-refractivity contribution in [3.05, 3.63) is 83.4 Å². The Hall–Kier alpha value is -3.42. The summed E-state index contributed by atoms with van der Waals surface area (Å²) in [5, 5.41) is 11.3. The van der Waals surface area contributed by atoms with Crippen LogP contribution in [0.5, 0.6) is 5.75 Å². The van der Waals surface area contributed by atoms with Gasteiger partial charge in [-0.25, -0.2) is 0 Å². The van der Waals surface area contributed by atoms with Gasteiger partial charge in [0.25, 0.3) is 11.7 Å². The monoisotopic (exact) mass is 518 g/mol. The Morgan fingerprint density at radius 3 is 2.32 bits per heavy atom. The Morgan fingerprint density at radius 2 is 1.71 bits per heavy atom. The van der Waals surface area contributed by atoms with Gasteiger partial charge in [0.15, 0.2) is 0 Å². The van der Waals surface area contributed by atoms with Gasteiger partial charge in [-0.1, -0.05) is 57.7 Å². The van der Waals surface area contributed by atoms with Crippen molar-refractivity contribution < 1.29 is 24.2 Å². The number of carbonyl (C=O) groups is 2. The molecule has 2 heterocycles. The summed E-state index contributed by atoms with van der Waals surface area (Å²) in [6.07, 6.45) is 2.37. The molecule has 1 N–H and O–H groups in total. The zero-order chi connectivity index (χ0) is 27.3. The van der Waals surface area contributed by atoms with E-state index in [-0.39, 0.29) is 16.7 Å². The maximum Gasteiger partial charge on any atom is 0.295 e. The average molecular weight is 519 g/mol. The van der Waals surface area contributed by atoms with Crippen LogP contribution in [0.1, 0.15) is 49.9 Å². The number of benzene rings is 2. The van der Waals surface area contributed by atoms with Gasteiger partial charge in [-0.3, -0.25) is 14.5 Å². The second kappa shape index (κ2) is 12.0. The summed E-state index contributed by atoms with van der Waals surface area (Å²) in [6, 6.07) is 14.2. The third-order valence-corrected chi connectivity index (χ3v) is 7.11. The van der Waals surface area contributed by atoms with Crippen molar-refractivity contribution in [3.63, 3.8) is 0 Å². The summed E-state index contributed by atoms with van der Waals surface area (Å²) in [5.74, 6) is -0.798. The molecule has 7 heteroatoms. The van der Waals surface area contributed by atoms with Crippen LogP contribution in [0.2, 0.25) is 0 Å². The summed E-state index contributed by atoms with van der Waals surface area (Å²) in [5.41, 5.74) is 2.49. The second-order valence-corrected chi connectivity index (χ2v) is 10.8. The number of hydrogen-bond acceptors (Lipinski definition) is 6. The van der Waals surface area contributed by atoms with E-state index < -0.39 is 17.7 Å². The van der Waals surface area contributed by atoms with E-state index in [9.17, 15) is 14.7 Å². The fourth-order valence-corrected chi connectivity index (χ4v) is 4.93. The number of hydrogen-bond donors (Lipinski definition) is 1. The minimum atomic E-state index is -0.662. The predicted molar refractivity (Wildman–Crippen MR) is 148 cm³/mol. The van der Waals surface area contributed by atoms with Crippen LogP contribution in [0.25, 0.3) is 5.76 Å². The third kappa shape index (κ3) is 6.17. The standard InChI is InChI=1S/C31H38N2O5/c1-5-19-38-25-13-9-23(10-14-25)28(34)26-27(22-7-11-24(12-8-22)31(2,3)4)33(30(36)29(26)35)16-6-15-32-17-20-37-21-18-32/h5,7-14,27,34H,1,6,15-21H2,2-4H3/t27-/m1/s1. The van der Waals surface area contributed by atoms with Gasteiger partial charge in [0.1, 0.15) is 18.1 Å². The van der Waals surface area contributed by atoms with E-state index in [0.29, 0.717) is 37.7 Å². The minimum absolute atomic E-state index is 0.0338. The Bertz CT molecular complexity index is 1170. The lowest BCUT2D eigenvalue weighted by Crippen LogP contribution is -2.39. The number of nitrogens with zero attached hydrogens (tertiary/aromatic N) is 2. The average Bonchev–Trinajstić information content (AvgIpc) is 3.17. The van der Waals surface area contributed by atoms with E-state index in [4.69, 9.17) is 9.47 Å². The van der Waals surface area contributed by atoms with Crippen molar-refractivity contribution in [2.45, 2.75) is 38.6 Å². The first-order chi connectivity index (χ1) is 18.2. The van der Waals surface area contributed by atoms with E-state index in [1.54, 1.807) is 35.2 Å². The number of likely N-dealkylation sites (tertiary alicyclic amines) is 1. The first-order valence-electron chi connectivity index (χ1n) is 13.2. The number of ether oxygens (including phenoxy) is 2. The summed E-state index contributed by atoms with van der Waals surface area (Å²) < 4.78 is 11.0. The maximum absolute atomic E-state index is 13.3. The molecular weight excluding hydrogens is 480 g/mol.